The van der Waals surface area contributed by atoms with Gasteiger partial charge in [-0.25, -0.2) is 0 Å². The molecule has 2 aromatic rings. The molecule has 100 valence electrons. The fraction of sp³-hybridized carbons (Fsp3) is 0.267. The van der Waals surface area contributed by atoms with Crippen molar-refractivity contribution < 1.29 is 9.90 Å². The van der Waals surface area contributed by atoms with Gasteiger partial charge < -0.3 is 15.4 Å². The zero-order valence-electron chi connectivity index (χ0n) is 10.7. The Balaban J connectivity index is 1.72. The van der Waals surface area contributed by atoms with Crippen molar-refractivity contribution in [1.29, 1.82) is 0 Å². The molecule has 1 aromatic carbocycles. The van der Waals surface area contributed by atoms with Gasteiger partial charge in [-0.1, -0.05) is 30.3 Å². The molecule has 2 rings (SSSR count). The Morgan fingerprint density at radius 2 is 2.00 bits per heavy atom. The molecule has 1 amide bonds. The van der Waals surface area contributed by atoms with Crippen LogP contribution in [-0.2, 0) is 11.2 Å². The highest BCUT2D eigenvalue weighted by Crippen LogP contribution is 2.15. The van der Waals surface area contributed by atoms with Crippen LogP contribution in [0.2, 0.25) is 0 Å². The monoisotopic (exact) mass is 258 g/mol. The van der Waals surface area contributed by atoms with Crippen molar-refractivity contribution in [2.45, 2.75) is 18.9 Å². The van der Waals surface area contributed by atoms with Gasteiger partial charge in [-0.2, -0.15) is 0 Å². The van der Waals surface area contributed by atoms with Gasteiger partial charge in [-0.15, -0.1) is 0 Å². The van der Waals surface area contributed by atoms with Crippen LogP contribution in [0.1, 0.15) is 23.8 Å². The summed E-state index contributed by atoms with van der Waals surface area (Å²) in [6, 6.07) is 13.1. The lowest BCUT2D eigenvalue weighted by atomic mass is 10.1. The van der Waals surface area contributed by atoms with Gasteiger partial charge in [-0.05, 0) is 17.7 Å². The van der Waals surface area contributed by atoms with E-state index < -0.39 is 6.10 Å². The SMILES string of the molecule is O=C(CC(O)c1ccccc1)NCCc1ccc[nH]1. The lowest BCUT2D eigenvalue weighted by molar-refractivity contribution is -0.123. The number of rotatable bonds is 6. The fourth-order valence-electron chi connectivity index (χ4n) is 1.90. The van der Waals surface area contributed by atoms with Crippen molar-refractivity contribution in [1.82, 2.24) is 10.3 Å². The Morgan fingerprint density at radius 1 is 1.21 bits per heavy atom. The van der Waals surface area contributed by atoms with E-state index in [4.69, 9.17) is 0 Å². The summed E-state index contributed by atoms with van der Waals surface area (Å²) in [6.07, 6.45) is 1.97. The minimum Gasteiger partial charge on any atom is -0.388 e. The number of H-pyrrole nitrogens is 1. The Labute approximate surface area is 112 Å². The second-order valence-corrected chi connectivity index (χ2v) is 4.43. The third-order valence-electron chi connectivity index (χ3n) is 2.94. The third-order valence-corrected chi connectivity index (χ3v) is 2.94. The number of aromatic amines is 1. The summed E-state index contributed by atoms with van der Waals surface area (Å²) >= 11 is 0. The van der Waals surface area contributed by atoms with E-state index in [1.54, 1.807) is 0 Å². The van der Waals surface area contributed by atoms with Crippen LogP contribution in [0.15, 0.2) is 48.7 Å². The number of nitrogens with one attached hydrogen (secondary N) is 2. The van der Waals surface area contributed by atoms with Crippen LogP contribution in [0.25, 0.3) is 0 Å². The summed E-state index contributed by atoms with van der Waals surface area (Å²) in [4.78, 5) is 14.8. The second kappa shape index (κ2) is 6.75. The van der Waals surface area contributed by atoms with E-state index in [2.05, 4.69) is 10.3 Å². The van der Waals surface area contributed by atoms with Gasteiger partial charge in [0, 0.05) is 24.9 Å². The van der Waals surface area contributed by atoms with Crippen LogP contribution in [0.3, 0.4) is 0 Å². The van der Waals surface area contributed by atoms with Crippen molar-refractivity contribution in [2.24, 2.45) is 0 Å². The first-order valence-electron chi connectivity index (χ1n) is 6.37. The van der Waals surface area contributed by atoms with Crippen molar-refractivity contribution in [3.63, 3.8) is 0 Å². The molecule has 3 N–H and O–H groups in total. The molecule has 4 heteroatoms. The van der Waals surface area contributed by atoms with Crippen LogP contribution < -0.4 is 5.32 Å². The minimum atomic E-state index is -0.744. The van der Waals surface area contributed by atoms with Crippen LogP contribution in [0, 0.1) is 0 Å². The topological polar surface area (TPSA) is 65.1 Å². The molecule has 0 fully saturated rings. The maximum absolute atomic E-state index is 11.7. The molecule has 4 nitrogen and oxygen atoms in total. The van der Waals surface area contributed by atoms with Crippen LogP contribution in [-0.4, -0.2) is 22.5 Å². The van der Waals surface area contributed by atoms with Crippen molar-refractivity contribution in [3.8, 4) is 0 Å². The van der Waals surface area contributed by atoms with E-state index in [9.17, 15) is 9.90 Å². The number of hydrogen-bond acceptors (Lipinski definition) is 2. The molecular formula is C15H18N2O2. The molecule has 0 spiro atoms. The zero-order valence-corrected chi connectivity index (χ0v) is 10.7. The van der Waals surface area contributed by atoms with E-state index in [1.165, 1.54) is 0 Å². The molecule has 0 aliphatic carbocycles. The number of carbonyl (C=O) groups excluding carboxylic acids is 1. The van der Waals surface area contributed by atoms with Crippen LogP contribution >= 0.6 is 0 Å². The Morgan fingerprint density at radius 3 is 2.68 bits per heavy atom. The lowest BCUT2D eigenvalue weighted by Crippen LogP contribution is -2.27. The fourth-order valence-corrected chi connectivity index (χ4v) is 1.90. The molecule has 0 radical (unpaired) electrons. The minimum absolute atomic E-state index is 0.0920. The van der Waals surface area contributed by atoms with Crippen molar-refractivity contribution >= 4 is 5.91 Å². The molecule has 0 aliphatic heterocycles. The van der Waals surface area contributed by atoms with Crippen LogP contribution in [0.4, 0.5) is 0 Å². The highest BCUT2D eigenvalue weighted by atomic mass is 16.3. The summed E-state index contributed by atoms with van der Waals surface area (Å²) in [7, 11) is 0. The lowest BCUT2D eigenvalue weighted by Gasteiger charge is -2.11. The smallest absolute Gasteiger partial charge is 0.222 e. The van der Waals surface area contributed by atoms with Gasteiger partial charge in [0.25, 0.3) is 0 Å². The third kappa shape index (κ3) is 4.26. The molecular weight excluding hydrogens is 240 g/mol. The van der Waals surface area contributed by atoms with Gasteiger partial charge in [0.05, 0.1) is 12.5 Å². The van der Waals surface area contributed by atoms with Gasteiger partial charge >= 0.3 is 0 Å². The summed E-state index contributed by atoms with van der Waals surface area (Å²) in [5.41, 5.74) is 1.85. The molecule has 1 atom stereocenters. The number of benzene rings is 1. The molecule has 19 heavy (non-hydrogen) atoms. The molecule has 0 aliphatic rings. The molecule has 1 unspecified atom stereocenters. The average Bonchev–Trinajstić information content (AvgIpc) is 2.93. The van der Waals surface area contributed by atoms with E-state index in [1.807, 2.05) is 48.7 Å². The first-order valence-corrected chi connectivity index (χ1v) is 6.37. The van der Waals surface area contributed by atoms with E-state index in [0.717, 1.165) is 17.7 Å². The van der Waals surface area contributed by atoms with Gasteiger partial charge in [-0.3, -0.25) is 4.79 Å². The first kappa shape index (κ1) is 13.4. The Bertz CT molecular complexity index is 494. The quantitative estimate of drug-likeness (QED) is 0.739. The first-order chi connectivity index (χ1) is 9.25. The highest BCUT2D eigenvalue weighted by Gasteiger charge is 2.12. The van der Waals surface area contributed by atoms with E-state index >= 15 is 0 Å². The maximum atomic E-state index is 11.7. The largest absolute Gasteiger partial charge is 0.388 e. The van der Waals surface area contributed by atoms with Crippen molar-refractivity contribution in [3.05, 3.63) is 59.9 Å². The molecule has 0 saturated heterocycles. The predicted octanol–water partition coefficient (Wildman–Crippen LogP) is 1.80. The summed E-state index contributed by atoms with van der Waals surface area (Å²) < 4.78 is 0. The molecule has 0 bridgehead atoms. The second-order valence-electron chi connectivity index (χ2n) is 4.43. The number of aromatic nitrogens is 1. The number of carbonyl (C=O) groups is 1. The summed E-state index contributed by atoms with van der Waals surface area (Å²) in [5.74, 6) is -0.136. The molecule has 0 saturated carbocycles. The average molecular weight is 258 g/mol. The zero-order chi connectivity index (χ0) is 13.5. The van der Waals surface area contributed by atoms with Gasteiger partial charge in [0.15, 0.2) is 0 Å². The standard InChI is InChI=1S/C15H18N2O2/c18-14(12-5-2-1-3-6-12)11-15(19)17-10-8-13-7-4-9-16-13/h1-7,9,14,16,18H,8,10-11H2,(H,17,19). The Kier molecular flexibility index (Phi) is 4.75. The summed E-state index contributed by atoms with van der Waals surface area (Å²) in [6.45, 7) is 0.570. The number of aliphatic hydroxyl groups excluding tert-OH is 1. The van der Waals surface area contributed by atoms with E-state index in [0.29, 0.717) is 6.54 Å². The normalized spacial score (nSPS) is 12.1. The summed E-state index contributed by atoms with van der Waals surface area (Å²) in [5, 5.41) is 12.7. The predicted molar refractivity (Wildman–Crippen MR) is 73.5 cm³/mol. The van der Waals surface area contributed by atoms with Crippen LogP contribution in [0.5, 0.6) is 0 Å². The van der Waals surface area contributed by atoms with E-state index in [-0.39, 0.29) is 12.3 Å². The maximum Gasteiger partial charge on any atom is 0.222 e. The number of hydrogen-bond donors (Lipinski definition) is 3. The highest BCUT2D eigenvalue weighted by molar-refractivity contribution is 5.76. The Hall–Kier alpha value is -2.07. The van der Waals surface area contributed by atoms with Crippen molar-refractivity contribution in [2.75, 3.05) is 6.54 Å². The van der Waals surface area contributed by atoms with Gasteiger partial charge in [0.1, 0.15) is 0 Å². The number of amides is 1. The van der Waals surface area contributed by atoms with Gasteiger partial charge in [0.2, 0.25) is 5.91 Å². The number of aliphatic hydroxyl groups is 1. The molecule has 1 aromatic heterocycles. The molecule has 1 heterocycles.